The molecule has 4 fully saturated rings. The third-order valence-corrected chi connectivity index (χ3v) is 7.89. The number of likely N-dealkylation sites (tertiary alicyclic amines) is 1. The lowest BCUT2D eigenvalue weighted by molar-refractivity contribution is 0.0972. The van der Waals surface area contributed by atoms with Crippen molar-refractivity contribution in [3.05, 3.63) is 23.2 Å². The highest BCUT2D eigenvalue weighted by molar-refractivity contribution is 6.32. The van der Waals surface area contributed by atoms with Gasteiger partial charge in [0.25, 0.3) is 0 Å². The van der Waals surface area contributed by atoms with Crippen LogP contribution >= 0.6 is 11.6 Å². The molecule has 0 amide bonds. The number of nitrogens with zero attached hydrogens (tertiary/aromatic N) is 6. The number of ether oxygens (including phenoxy) is 1. The number of piperidine rings is 3. The fraction of sp³-hybridized carbons (Fsp3) is 0.625. The van der Waals surface area contributed by atoms with Crippen molar-refractivity contribution in [3.63, 3.8) is 0 Å². The number of halogens is 1. The number of benzene rings is 1. The van der Waals surface area contributed by atoms with Gasteiger partial charge < -0.3 is 25.6 Å². The van der Waals surface area contributed by atoms with Crippen molar-refractivity contribution < 1.29 is 4.74 Å². The molecule has 1 aromatic heterocycles. The SMILES string of the molecule is CCN1CCCC1CN(c1ccc(OC)c(Cl)c1)c1nc(N)nc(NC2CN3CCC2CC3)n1. The van der Waals surface area contributed by atoms with Gasteiger partial charge in [0.2, 0.25) is 17.8 Å². The molecule has 0 aliphatic carbocycles. The lowest BCUT2D eigenvalue weighted by Crippen LogP contribution is -2.53. The molecule has 184 valence electrons. The minimum absolute atomic E-state index is 0.220. The van der Waals surface area contributed by atoms with Crippen LogP contribution in [0.25, 0.3) is 0 Å². The first kappa shape index (κ1) is 23.4. The first-order valence-electron chi connectivity index (χ1n) is 12.4. The average molecular weight is 487 g/mol. The van der Waals surface area contributed by atoms with Gasteiger partial charge >= 0.3 is 0 Å². The van der Waals surface area contributed by atoms with Crippen LogP contribution in [-0.4, -0.2) is 83.2 Å². The first-order valence-corrected chi connectivity index (χ1v) is 12.8. The highest BCUT2D eigenvalue weighted by atomic mass is 35.5. The van der Waals surface area contributed by atoms with Crippen molar-refractivity contribution in [2.45, 2.75) is 44.7 Å². The fourth-order valence-corrected chi connectivity index (χ4v) is 5.97. The van der Waals surface area contributed by atoms with Gasteiger partial charge in [0, 0.05) is 30.9 Å². The van der Waals surface area contributed by atoms with E-state index in [1.807, 2.05) is 18.2 Å². The molecule has 3 N–H and O–H groups in total. The minimum Gasteiger partial charge on any atom is -0.495 e. The van der Waals surface area contributed by atoms with E-state index < -0.39 is 0 Å². The number of nitrogens with one attached hydrogen (secondary N) is 1. The van der Waals surface area contributed by atoms with Crippen LogP contribution in [0.1, 0.15) is 32.6 Å². The Morgan fingerprint density at radius 1 is 1.18 bits per heavy atom. The van der Waals surface area contributed by atoms with Crippen LogP contribution in [0.5, 0.6) is 5.75 Å². The van der Waals surface area contributed by atoms with E-state index in [0.29, 0.717) is 40.7 Å². The van der Waals surface area contributed by atoms with E-state index >= 15 is 0 Å². The second kappa shape index (κ2) is 10.1. The Morgan fingerprint density at radius 3 is 2.68 bits per heavy atom. The largest absolute Gasteiger partial charge is 0.495 e. The number of fused-ring (bicyclic) bond motifs is 3. The van der Waals surface area contributed by atoms with Crippen LogP contribution in [0.4, 0.5) is 23.5 Å². The van der Waals surface area contributed by atoms with E-state index in [1.54, 1.807) is 7.11 Å². The summed E-state index contributed by atoms with van der Waals surface area (Å²) in [6, 6.07) is 6.53. The molecule has 2 atom stereocenters. The summed E-state index contributed by atoms with van der Waals surface area (Å²) >= 11 is 6.50. The number of rotatable bonds is 8. The van der Waals surface area contributed by atoms with Crippen molar-refractivity contribution in [1.29, 1.82) is 0 Å². The van der Waals surface area contributed by atoms with Crippen LogP contribution in [-0.2, 0) is 0 Å². The average Bonchev–Trinajstić information content (AvgIpc) is 3.30. The van der Waals surface area contributed by atoms with Crippen LogP contribution < -0.4 is 20.7 Å². The molecule has 6 rings (SSSR count). The summed E-state index contributed by atoms with van der Waals surface area (Å²) < 4.78 is 5.37. The third-order valence-electron chi connectivity index (χ3n) is 7.60. The van der Waals surface area contributed by atoms with Crippen LogP contribution in [0.3, 0.4) is 0 Å². The van der Waals surface area contributed by atoms with Gasteiger partial charge in [0.1, 0.15) is 5.75 Å². The minimum atomic E-state index is 0.220. The molecule has 5 heterocycles. The van der Waals surface area contributed by atoms with E-state index in [0.717, 1.165) is 38.3 Å². The Hall–Kier alpha value is -2.36. The van der Waals surface area contributed by atoms with E-state index in [1.165, 1.54) is 32.4 Å². The lowest BCUT2D eigenvalue weighted by atomic mass is 9.84. The van der Waals surface area contributed by atoms with E-state index in [-0.39, 0.29) is 5.95 Å². The molecule has 2 bridgehead atoms. The maximum Gasteiger partial charge on any atom is 0.236 e. The van der Waals surface area contributed by atoms with Gasteiger partial charge in [-0.15, -0.1) is 0 Å². The van der Waals surface area contributed by atoms with E-state index in [9.17, 15) is 0 Å². The molecule has 4 aliphatic rings. The number of aromatic nitrogens is 3. The topological polar surface area (TPSA) is 95.7 Å². The molecular weight excluding hydrogens is 452 g/mol. The van der Waals surface area contributed by atoms with E-state index in [4.69, 9.17) is 27.1 Å². The number of nitrogens with two attached hydrogens (primary N) is 1. The van der Waals surface area contributed by atoms with Gasteiger partial charge in [-0.05, 0) is 76.0 Å². The molecule has 34 heavy (non-hydrogen) atoms. The quantitative estimate of drug-likeness (QED) is 0.582. The predicted octanol–water partition coefficient (Wildman–Crippen LogP) is 3.24. The number of hydrogen-bond donors (Lipinski definition) is 2. The highest BCUT2D eigenvalue weighted by Crippen LogP contribution is 2.34. The maximum absolute atomic E-state index is 6.50. The molecular formula is C24H35ClN8O. The van der Waals surface area contributed by atoms with Gasteiger partial charge in [0.05, 0.1) is 12.1 Å². The Balaban J connectivity index is 1.45. The lowest BCUT2D eigenvalue weighted by Gasteiger charge is -2.44. The second-order valence-electron chi connectivity index (χ2n) is 9.56. The van der Waals surface area contributed by atoms with Crippen LogP contribution in [0.15, 0.2) is 18.2 Å². The van der Waals surface area contributed by atoms with Crippen LogP contribution in [0.2, 0.25) is 5.02 Å². The van der Waals surface area contributed by atoms with Crippen molar-refractivity contribution >= 4 is 35.1 Å². The van der Waals surface area contributed by atoms with Crippen molar-refractivity contribution in [1.82, 2.24) is 24.8 Å². The maximum atomic E-state index is 6.50. The molecule has 4 saturated heterocycles. The summed E-state index contributed by atoms with van der Waals surface area (Å²) in [5.41, 5.74) is 7.11. The zero-order valence-corrected chi connectivity index (χ0v) is 20.8. The second-order valence-corrected chi connectivity index (χ2v) is 9.97. The smallest absolute Gasteiger partial charge is 0.236 e. The predicted molar refractivity (Wildman–Crippen MR) is 136 cm³/mol. The van der Waals surface area contributed by atoms with Crippen molar-refractivity contribution in [2.75, 3.05) is 62.3 Å². The molecule has 0 radical (unpaired) electrons. The van der Waals surface area contributed by atoms with Gasteiger partial charge in [-0.2, -0.15) is 15.0 Å². The summed E-state index contributed by atoms with van der Waals surface area (Å²) in [4.78, 5) is 21.0. The highest BCUT2D eigenvalue weighted by Gasteiger charge is 2.35. The Labute approximate surface area is 206 Å². The summed E-state index contributed by atoms with van der Waals surface area (Å²) in [6.07, 6.45) is 4.77. The number of methoxy groups -OCH3 is 1. The fourth-order valence-electron chi connectivity index (χ4n) is 5.72. The Morgan fingerprint density at radius 2 is 2.00 bits per heavy atom. The van der Waals surface area contributed by atoms with Gasteiger partial charge in [-0.1, -0.05) is 18.5 Å². The van der Waals surface area contributed by atoms with Crippen LogP contribution in [0, 0.1) is 5.92 Å². The molecule has 0 saturated carbocycles. The Kier molecular flexibility index (Phi) is 6.94. The van der Waals surface area contributed by atoms with Crippen molar-refractivity contribution in [3.8, 4) is 5.75 Å². The monoisotopic (exact) mass is 486 g/mol. The van der Waals surface area contributed by atoms with Gasteiger partial charge in [0.15, 0.2) is 0 Å². The molecule has 2 unspecified atom stereocenters. The third kappa shape index (κ3) is 4.87. The number of likely N-dealkylation sites (N-methyl/N-ethyl adjacent to an activating group) is 1. The normalized spacial score (nSPS) is 26.6. The summed E-state index contributed by atoms with van der Waals surface area (Å²) in [6.45, 7) is 8.50. The molecule has 9 nitrogen and oxygen atoms in total. The zero-order chi connectivity index (χ0) is 23.7. The van der Waals surface area contributed by atoms with Gasteiger partial charge in [-0.25, -0.2) is 0 Å². The number of nitrogen functional groups attached to an aromatic ring is 1. The van der Waals surface area contributed by atoms with Gasteiger partial charge in [-0.3, -0.25) is 4.90 Å². The Bertz CT molecular complexity index is 999. The summed E-state index contributed by atoms with van der Waals surface area (Å²) in [5.74, 6) is 2.60. The van der Waals surface area contributed by atoms with E-state index in [2.05, 4.69) is 36.9 Å². The molecule has 2 aromatic rings. The summed E-state index contributed by atoms with van der Waals surface area (Å²) in [5, 5.41) is 4.13. The summed E-state index contributed by atoms with van der Waals surface area (Å²) in [7, 11) is 1.62. The molecule has 0 spiro atoms. The molecule has 10 heteroatoms. The molecule has 1 aromatic carbocycles. The number of hydrogen-bond acceptors (Lipinski definition) is 9. The van der Waals surface area contributed by atoms with Crippen molar-refractivity contribution in [2.24, 2.45) is 5.92 Å². The standard InChI is InChI=1S/C24H35ClN8O/c1-3-32-10-4-5-18(32)14-33(17-6-7-21(34-2)19(25)13-17)24-29-22(26)28-23(30-24)27-20-15-31-11-8-16(20)9-12-31/h6-7,13,16,18,20H,3-5,8-12,14-15H2,1-2H3,(H3,26,27,28,29,30). The number of anilines is 4. The first-order chi connectivity index (χ1) is 16.5. The molecule has 4 aliphatic heterocycles. The zero-order valence-electron chi connectivity index (χ0n) is 20.1.